The van der Waals surface area contributed by atoms with Gasteiger partial charge in [0.15, 0.2) is 6.10 Å². The maximum absolute atomic E-state index is 13.3. The quantitative estimate of drug-likeness (QED) is 0.706. The second-order valence-corrected chi connectivity index (χ2v) is 9.69. The van der Waals surface area contributed by atoms with Crippen molar-refractivity contribution in [3.05, 3.63) is 65.2 Å². The van der Waals surface area contributed by atoms with E-state index >= 15 is 0 Å². The monoisotopic (exact) mass is 446 g/mol. The Morgan fingerprint density at radius 2 is 1.97 bits per heavy atom. The molecule has 1 N–H and O–H groups in total. The predicted octanol–water partition coefficient (Wildman–Crippen LogP) is 3.91. The number of hydrogen-bond donors (Lipinski definition) is 1. The standard InChI is InChI=1S/C22H23ClN2O4S/c23-17-11-12-20-19(13-17)25(30(27,28)18-9-5-2-6-10-18)15-21(29-20)22(26)24-14-16-7-3-1-4-8-16/h2,5-7,9-13,21H,1,3-4,8,14-15H2,(H,24,26)/t21-/m0/s1. The van der Waals surface area contributed by atoms with Gasteiger partial charge in [-0.05, 0) is 56.0 Å². The van der Waals surface area contributed by atoms with Gasteiger partial charge in [-0.3, -0.25) is 9.10 Å². The van der Waals surface area contributed by atoms with Crippen LogP contribution < -0.4 is 14.4 Å². The number of nitrogens with zero attached hydrogens (tertiary/aromatic N) is 1. The van der Waals surface area contributed by atoms with Gasteiger partial charge in [-0.2, -0.15) is 0 Å². The molecule has 1 heterocycles. The molecule has 0 radical (unpaired) electrons. The summed E-state index contributed by atoms with van der Waals surface area (Å²) in [7, 11) is -3.89. The summed E-state index contributed by atoms with van der Waals surface area (Å²) in [5, 5.41) is 3.28. The molecular formula is C22H23ClN2O4S. The number of fused-ring (bicyclic) bond motifs is 1. The molecule has 4 rings (SSSR count). The number of carbonyl (C=O) groups is 1. The lowest BCUT2D eigenvalue weighted by Gasteiger charge is -2.35. The average molecular weight is 447 g/mol. The Kier molecular flexibility index (Phi) is 6.01. The molecule has 158 valence electrons. The zero-order valence-electron chi connectivity index (χ0n) is 16.4. The Labute approximate surface area is 181 Å². The summed E-state index contributed by atoms with van der Waals surface area (Å²) in [6, 6.07) is 12.9. The van der Waals surface area contributed by atoms with Gasteiger partial charge in [-0.25, -0.2) is 8.42 Å². The van der Waals surface area contributed by atoms with E-state index in [1.807, 2.05) is 0 Å². The van der Waals surface area contributed by atoms with Crippen molar-refractivity contribution in [1.29, 1.82) is 0 Å². The van der Waals surface area contributed by atoms with Gasteiger partial charge in [0.1, 0.15) is 5.75 Å². The molecule has 1 aliphatic carbocycles. The second kappa shape index (κ2) is 8.70. The van der Waals surface area contributed by atoms with Crippen LogP contribution in [0.15, 0.2) is 65.1 Å². The highest BCUT2D eigenvalue weighted by atomic mass is 35.5. The fraction of sp³-hybridized carbons (Fsp3) is 0.318. The van der Waals surface area contributed by atoms with Crippen LogP contribution in [0.5, 0.6) is 5.75 Å². The molecule has 1 atom stereocenters. The van der Waals surface area contributed by atoms with Crippen molar-refractivity contribution in [2.24, 2.45) is 0 Å². The number of rotatable bonds is 5. The molecule has 2 aromatic carbocycles. The highest BCUT2D eigenvalue weighted by Crippen LogP contribution is 2.38. The minimum Gasteiger partial charge on any atom is -0.476 e. The van der Waals surface area contributed by atoms with Crippen molar-refractivity contribution < 1.29 is 17.9 Å². The first-order valence-corrected chi connectivity index (χ1v) is 11.8. The Morgan fingerprint density at radius 1 is 1.17 bits per heavy atom. The third-order valence-corrected chi connectivity index (χ3v) is 7.32. The van der Waals surface area contributed by atoms with Gasteiger partial charge in [0.05, 0.1) is 17.1 Å². The largest absolute Gasteiger partial charge is 0.476 e. The Hall–Kier alpha value is -2.51. The summed E-state index contributed by atoms with van der Waals surface area (Å²) in [6.07, 6.45) is 5.51. The van der Waals surface area contributed by atoms with Crippen molar-refractivity contribution in [3.63, 3.8) is 0 Å². The van der Waals surface area contributed by atoms with Gasteiger partial charge < -0.3 is 10.1 Å². The number of sulfonamides is 1. The lowest BCUT2D eigenvalue weighted by atomic mass is 10.00. The SMILES string of the molecule is O=C(NCC1=CCCCC1)[C@@H]1CN(S(=O)(=O)c2ccccc2)c2cc(Cl)ccc2O1. The third kappa shape index (κ3) is 4.32. The number of benzene rings is 2. The molecule has 0 fully saturated rings. The fourth-order valence-corrected chi connectivity index (χ4v) is 5.34. The van der Waals surface area contributed by atoms with Crippen LogP contribution in [0.3, 0.4) is 0 Å². The van der Waals surface area contributed by atoms with Crippen LogP contribution in [0, 0.1) is 0 Å². The van der Waals surface area contributed by atoms with E-state index < -0.39 is 16.1 Å². The van der Waals surface area contributed by atoms with Crippen LogP contribution in [-0.2, 0) is 14.8 Å². The molecule has 0 saturated carbocycles. The molecule has 6 nitrogen and oxygen atoms in total. The van der Waals surface area contributed by atoms with Crippen LogP contribution >= 0.6 is 11.6 Å². The normalized spacial score (nSPS) is 18.8. The lowest BCUT2D eigenvalue weighted by molar-refractivity contribution is -0.127. The minimum absolute atomic E-state index is 0.130. The summed E-state index contributed by atoms with van der Waals surface area (Å²) in [6.45, 7) is 0.326. The predicted molar refractivity (Wildman–Crippen MR) is 116 cm³/mol. The van der Waals surface area contributed by atoms with Gasteiger partial charge in [-0.15, -0.1) is 0 Å². The number of ether oxygens (including phenoxy) is 1. The molecule has 8 heteroatoms. The van der Waals surface area contributed by atoms with Crippen LogP contribution in [0.4, 0.5) is 5.69 Å². The van der Waals surface area contributed by atoms with Crippen molar-refractivity contribution in [3.8, 4) is 5.75 Å². The molecule has 2 aromatic rings. The van der Waals surface area contributed by atoms with E-state index in [0.717, 1.165) is 19.3 Å². The molecule has 0 bridgehead atoms. The number of nitrogens with one attached hydrogen (secondary N) is 1. The first kappa shape index (κ1) is 20.8. The van der Waals surface area contributed by atoms with E-state index in [9.17, 15) is 13.2 Å². The highest BCUT2D eigenvalue weighted by Gasteiger charge is 2.37. The van der Waals surface area contributed by atoms with E-state index in [2.05, 4.69) is 11.4 Å². The van der Waals surface area contributed by atoms with Crippen molar-refractivity contribution in [1.82, 2.24) is 5.32 Å². The minimum atomic E-state index is -3.89. The van der Waals surface area contributed by atoms with Crippen molar-refractivity contribution in [2.75, 3.05) is 17.4 Å². The summed E-state index contributed by atoms with van der Waals surface area (Å²) in [4.78, 5) is 13.0. The molecule has 1 amide bonds. The zero-order chi connectivity index (χ0) is 21.1. The fourth-order valence-electron chi connectivity index (χ4n) is 3.69. The summed E-state index contributed by atoms with van der Waals surface area (Å²) >= 11 is 6.11. The maximum Gasteiger partial charge on any atom is 0.264 e. The Balaban J connectivity index is 1.60. The second-order valence-electron chi connectivity index (χ2n) is 7.39. The molecule has 30 heavy (non-hydrogen) atoms. The average Bonchev–Trinajstić information content (AvgIpc) is 2.78. The van der Waals surface area contributed by atoms with Crippen LogP contribution in [0.25, 0.3) is 0 Å². The van der Waals surface area contributed by atoms with E-state index in [1.54, 1.807) is 36.4 Å². The Morgan fingerprint density at radius 3 is 2.70 bits per heavy atom. The zero-order valence-corrected chi connectivity index (χ0v) is 18.0. The first-order valence-electron chi connectivity index (χ1n) is 9.95. The highest BCUT2D eigenvalue weighted by molar-refractivity contribution is 7.92. The molecular weight excluding hydrogens is 424 g/mol. The summed E-state index contributed by atoms with van der Waals surface area (Å²) in [5.74, 6) is -0.0301. The first-order chi connectivity index (χ1) is 14.4. The Bertz CT molecular complexity index is 1070. The summed E-state index contributed by atoms with van der Waals surface area (Å²) < 4.78 is 33.7. The van der Waals surface area contributed by atoms with Crippen LogP contribution in [-0.4, -0.2) is 33.5 Å². The van der Waals surface area contributed by atoms with E-state index in [0.29, 0.717) is 23.0 Å². The third-order valence-electron chi connectivity index (χ3n) is 5.29. The van der Waals surface area contributed by atoms with Gasteiger partial charge >= 0.3 is 0 Å². The molecule has 0 aromatic heterocycles. The van der Waals surface area contributed by atoms with Gasteiger partial charge in [0.25, 0.3) is 15.9 Å². The number of hydrogen-bond acceptors (Lipinski definition) is 4. The number of carbonyl (C=O) groups excluding carboxylic acids is 1. The van der Waals surface area contributed by atoms with E-state index in [-0.39, 0.29) is 17.3 Å². The topological polar surface area (TPSA) is 75.7 Å². The van der Waals surface area contributed by atoms with E-state index in [1.165, 1.54) is 28.4 Å². The van der Waals surface area contributed by atoms with Crippen LogP contribution in [0.2, 0.25) is 5.02 Å². The van der Waals surface area contributed by atoms with Gasteiger partial charge in [-0.1, -0.05) is 41.4 Å². The van der Waals surface area contributed by atoms with Crippen molar-refractivity contribution in [2.45, 2.75) is 36.7 Å². The number of amides is 1. The number of halogens is 1. The molecule has 0 unspecified atom stereocenters. The lowest BCUT2D eigenvalue weighted by Crippen LogP contribution is -2.51. The number of allylic oxidation sites excluding steroid dienone is 1. The van der Waals surface area contributed by atoms with Gasteiger partial charge in [0, 0.05) is 11.6 Å². The summed E-state index contributed by atoms with van der Waals surface area (Å²) in [5.41, 5.74) is 1.52. The number of anilines is 1. The smallest absolute Gasteiger partial charge is 0.264 e. The van der Waals surface area contributed by atoms with Crippen molar-refractivity contribution >= 4 is 33.2 Å². The van der Waals surface area contributed by atoms with Crippen LogP contribution in [0.1, 0.15) is 25.7 Å². The van der Waals surface area contributed by atoms with E-state index in [4.69, 9.17) is 16.3 Å². The molecule has 2 aliphatic rings. The molecule has 1 aliphatic heterocycles. The molecule has 0 saturated heterocycles. The van der Waals surface area contributed by atoms with Gasteiger partial charge in [0.2, 0.25) is 0 Å². The maximum atomic E-state index is 13.3. The molecule has 0 spiro atoms.